The quantitative estimate of drug-likeness (QED) is 0.513. The summed E-state index contributed by atoms with van der Waals surface area (Å²) in [6, 6.07) is 0. The predicted octanol–water partition coefficient (Wildman–Crippen LogP) is 6.11. The van der Waals surface area contributed by atoms with E-state index in [1.807, 2.05) is 0 Å². The van der Waals surface area contributed by atoms with E-state index in [9.17, 15) is 0 Å². The van der Waals surface area contributed by atoms with E-state index in [1.165, 1.54) is 44.9 Å². The lowest BCUT2D eigenvalue weighted by molar-refractivity contribution is 0.0203. The standard InChI is InChI=1S/C20H34S/c21-20-8-4-7-16-11-17-9-14-5-2-1-3-6-15(14)10-18(17)12-19(16)13-20/h14-21H,1-13H2. The second-order valence-electron chi connectivity index (χ2n) is 8.96. The van der Waals surface area contributed by atoms with Crippen molar-refractivity contribution < 1.29 is 0 Å². The molecule has 0 aromatic rings. The topological polar surface area (TPSA) is 0 Å². The summed E-state index contributed by atoms with van der Waals surface area (Å²) < 4.78 is 0. The van der Waals surface area contributed by atoms with Gasteiger partial charge in [-0.25, -0.2) is 0 Å². The van der Waals surface area contributed by atoms with Gasteiger partial charge in [-0.1, -0.05) is 44.9 Å². The lowest BCUT2D eigenvalue weighted by Gasteiger charge is -2.48. The van der Waals surface area contributed by atoms with Crippen LogP contribution in [0.5, 0.6) is 0 Å². The van der Waals surface area contributed by atoms with Crippen LogP contribution in [-0.4, -0.2) is 5.25 Å². The maximum Gasteiger partial charge on any atom is 0.00195 e. The van der Waals surface area contributed by atoms with Crippen LogP contribution in [0.1, 0.15) is 83.5 Å². The Kier molecular flexibility index (Phi) is 4.59. The normalized spacial score (nSPS) is 51.0. The van der Waals surface area contributed by atoms with E-state index in [-0.39, 0.29) is 0 Å². The van der Waals surface area contributed by atoms with Crippen molar-refractivity contribution in [1.82, 2.24) is 0 Å². The molecule has 4 aliphatic rings. The first-order chi connectivity index (χ1) is 10.3. The first kappa shape index (κ1) is 14.9. The van der Waals surface area contributed by atoms with Gasteiger partial charge in [-0.3, -0.25) is 0 Å². The average Bonchev–Trinajstić information content (AvgIpc) is 2.79. The van der Waals surface area contributed by atoms with Gasteiger partial charge in [0.1, 0.15) is 0 Å². The van der Waals surface area contributed by atoms with Gasteiger partial charge in [-0.15, -0.1) is 0 Å². The molecular formula is C20H34S. The first-order valence-corrected chi connectivity index (χ1v) is 10.5. The van der Waals surface area contributed by atoms with Gasteiger partial charge < -0.3 is 0 Å². The summed E-state index contributed by atoms with van der Waals surface area (Å²) in [4.78, 5) is 0. The largest absolute Gasteiger partial charge is 0.176 e. The van der Waals surface area contributed by atoms with Gasteiger partial charge in [-0.05, 0) is 74.0 Å². The molecule has 4 aliphatic carbocycles. The van der Waals surface area contributed by atoms with Gasteiger partial charge in [0.25, 0.3) is 0 Å². The van der Waals surface area contributed by atoms with Crippen molar-refractivity contribution in [1.29, 1.82) is 0 Å². The molecule has 1 heteroatoms. The average molecular weight is 307 g/mol. The highest BCUT2D eigenvalue weighted by Crippen LogP contribution is 2.54. The van der Waals surface area contributed by atoms with Crippen LogP contribution in [0.25, 0.3) is 0 Å². The monoisotopic (exact) mass is 306 g/mol. The fourth-order valence-corrected chi connectivity index (χ4v) is 7.16. The Morgan fingerprint density at radius 1 is 0.429 bits per heavy atom. The molecule has 120 valence electrons. The summed E-state index contributed by atoms with van der Waals surface area (Å²) in [6.07, 6.45) is 19.9. The third-order valence-electron chi connectivity index (χ3n) is 7.76. The highest BCUT2D eigenvalue weighted by Gasteiger charge is 2.44. The molecule has 0 heterocycles. The first-order valence-electron chi connectivity index (χ1n) is 9.97. The van der Waals surface area contributed by atoms with Crippen LogP contribution in [-0.2, 0) is 0 Å². The van der Waals surface area contributed by atoms with Crippen LogP contribution in [0.15, 0.2) is 0 Å². The zero-order valence-corrected chi connectivity index (χ0v) is 14.6. The van der Waals surface area contributed by atoms with E-state index in [2.05, 4.69) is 0 Å². The summed E-state index contributed by atoms with van der Waals surface area (Å²) >= 11 is 4.85. The van der Waals surface area contributed by atoms with Crippen LogP contribution < -0.4 is 0 Å². The summed E-state index contributed by atoms with van der Waals surface area (Å²) in [5.74, 6) is 6.56. The Hall–Kier alpha value is 0.350. The van der Waals surface area contributed by atoms with Crippen LogP contribution >= 0.6 is 12.6 Å². The fourth-order valence-electron chi connectivity index (χ4n) is 6.71. The number of fused-ring (bicyclic) bond motifs is 3. The molecule has 0 bridgehead atoms. The summed E-state index contributed by atoms with van der Waals surface area (Å²) in [5, 5.41) is 0.714. The van der Waals surface area contributed by atoms with Gasteiger partial charge >= 0.3 is 0 Å². The molecule has 7 atom stereocenters. The van der Waals surface area contributed by atoms with Crippen molar-refractivity contribution in [2.45, 2.75) is 88.7 Å². The minimum atomic E-state index is 0.714. The van der Waals surface area contributed by atoms with Crippen LogP contribution in [0.3, 0.4) is 0 Å². The van der Waals surface area contributed by atoms with Crippen molar-refractivity contribution in [3.63, 3.8) is 0 Å². The van der Waals surface area contributed by atoms with Crippen molar-refractivity contribution in [2.24, 2.45) is 35.5 Å². The molecule has 0 aromatic heterocycles. The predicted molar refractivity (Wildman–Crippen MR) is 93.7 cm³/mol. The van der Waals surface area contributed by atoms with Crippen molar-refractivity contribution in [2.75, 3.05) is 0 Å². The van der Waals surface area contributed by atoms with Crippen molar-refractivity contribution >= 4 is 12.6 Å². The highest BCUT2D eigenvalue weighted by molar-refractivity contribution is 7.80. The maximum atomic E-state index is 4.85. The summed E-state index contributed by atoms with van der Waals surface area (Å²) in [7, 11) is 0. The smallest absolute Gasteiger partial charge is 0.00195 e. The molecule has 0 spiro atoms. The molecule has 0 aromatic carbocycles. The third kappa shape index (κ3) is 3.19. The molecule has 0 N–H and O–H groups in total. The Balaban J connectivity index is 1.46. The highest BCUT2D eigenvalue weighted by atomic mass is 32.1. The fraction of sp³-hybridized carbons (Fsp3) is 1.00. The zero-order valence-electron chi connectivity index (χ0n) is 13.7. The van der Waals surface area contributed by atoms with Gasteiger partial charge in [0, 0.05) is 5.25 Å². The van der Waals surface area contributed by atoms with Crippen molar-refractivity contribution in [3.05, 3.63) is 0 Å². The molecule has 0 radical (unpaired) electrons. The molecule has 0 saturated heterocycles. The van der Waals surface area contributed by atoms with E-state index in [4.69, 9.17) is 12.6 Å². The molecule has 4 saturated carbocycles. The second-order valence-corrected chi connectivity index (χ2v) is 9.69. The van der Waals surface area contributed by atoms with E-state index < -0.39 is 0 Å². The summed E-state index contributed by atoms with van der Waals surface area (Å²) in [5.41, 5.74) is 0. The third-order valence-corrected chi connectivity index (χ3v) is 8.23. The Labute approximate surface area is 137 Å². The van der Waals surface area contributed by atoms with Gasteiger partial charge in [0.05, 0.1) is 0 Å². The molecule has 0 nitrogen and oxygen atoms in total. The molecular weight excluding hydrogens is 272 g/mol. The summed E-state index contributed by atoms with van der Waals surface area (Å²) in [6.45, 7) is 0. The second kappa shape index (κ2) is 6.46. The van der Waals surface area contributed by atoms with E-state index in [1.54, 1.807) is 38.5 Å². The van der Waals surface area contributed by atoms with Gasteiger partial charge in [0.2, 0.25) is 0 Å². The van der Waals surface area contributed by atoms with Gasteiger partial charge in [-0.2, -0.15) is 12.6 Å². The number of hydrogen-bond acceptors (Lipinski definition) is 1. The maximum absolute atomic E-state index is 4.85. The molecule has 7 unspecified atom stereocenters. The van der Waals surface area contributed by atoms with E-state index in [0.29, 0.717) is 5.25 Å². The lowest BCUT2D eigenvalue weighted by atomic mass is 9.57. The molecule has 4 rings (SSSR count). The van der Waals surface area contributed by atoms with E-state index in [0.717, 1.165) is 35.5 Å². The number of rotatable bonds is 0. The molecule has 0 amide bonds. The minimum absolute atomic E-state index is 0.714. The Bertz CT molecular complexity index is 352. The molecule has 0 aliphatic heterocycles. The SMILES string of the molecule is SC1CCCC2CC3CC4CCCCCC4CC3CC2C1. The van der Waals surface area contributed by atoms with Gasteiger partial charge in [0.15, 0.2) is 0 Å². The number of thiol groups is 1. The Morgan fingerprint density at radius 2 is 0.905 bits per heavy atom. The molecule has 4 fully saturated rings. The zero-order chi connectivity index (χ0) is 14.2. The minimum Gasteiger partial charge on any atom is -0.176 e. The lowest BCUT2D eigenvalue weighted by Crippen LogP contribution is -2.39. The van der Waals surface area contributed by atoms with E-state index >= 15 is 0 Å². The number of hydrogen-bond donors (Lipinski definition) is 1. The van der Waals surface area contributed by atoms with Crippen molar-refractivity contribution in [3.8, 4) is 0 Å². The van der Waals surface area contributed by atoms with Crippen LogP contribution in [0, 0.1) is 35.5 Å². The molecule has 21 heavy (non-hydrogen) atoms. The Morgan fingerprint density at radius 3 is 1.57 bits per heavy atom. The van der Waals surface area contributed by atoms with Crippen LogP contribution in [0.2, 0.25) is 0 Å². The van der Waals surface area contributed by atoms with Crippen LogP contribution in [0.4, 0.5) is 0 Å².